The molecule has 0 atom stereocenters. The topological polar surface area (TPSA) is 64.0 Å². The van der Waals surface area contributed by atoms with E-state index in [1.165, 1.54) is 34.4 Å². The van der Waals surface area contributed by atoms with Gasteiger partial charge in [-0.1, -0.05) is 12.1 Å². The van der Waals surface area contributed by atoms with E-state index in [1.807, 2.05) is 0 Å². The number of amides is 1. The minimum Gasteiger partial charge on any atom is -0.347 e. The SMILES string of the molecule is Cc1c(C(=O)NCc2cccc(F)c2)sc2ncn(C)c(=O)c12. The fraction of sp³-hybridized carbons (Fsp3) is 0.188. The van der Waals surface area contributed by atoms with Gasteiger partial charge in [-0.05, 0) is 30.2 Å². The third-order valence-electron chi connectivity index (χ3n) is 3.56. The lowest BCUT2D eigenvalue weighted by atomic mass is 10.2. The van der Waals surface area contributed by atoms with E-state index in [0.29, 0.717) is 26.2 Å². The molecule has 0 radical (unpaired) electrons. The third-order valence-corrected chi connectivity index (χ3v) is 4.76. The van der Waals surface area contributed by atoms with Crippen LogP contribution >= 0.6 is 11.3 Å². The van der Waals surface area contributed by atoms with Gasteiger partial charge in [-0.25, -0.2) is 9.37 Å². The van der Waals surface area contributed by atoms with Crippen LogP contribution in [0.5, 0.6) is 0 Å². The highest BCUT2D eigenvalue weighted by atomic mass is 32.1. The van der Waals surface area contributed by atoms with Crippen LogP contribution in [-0.4, -0.2) is 15.5 Å². The number of nitrogens with one attached hydrogen (secondary N) is 1. The van der Waals surface area contributed by atoms with Gasteiger partial charge in [-0.3, -0.25) is 9.59 Å². The van der Waals surface area contributed by atoms with Gasteiger partial charge in [-0.2, -0.15) is 0 Å². The van der Waals surface area contributed by atoms with Crippen LogP contribution in [-0.2, 0) is 13.6 Å². The Bertz CT molecular complexity index is 962. The molecule has 0 aliphatic heterocycles. The fourth-order valence-corrected chi connectivity index (χ4v) is 3.39. The molecule has 0 aliphatic rings. The molecule has 0 spiro atoms. The van der Waals surface area contributed by atoms with Crippen molar-refractivity contribution in [1.29, 1.82) is 0 Å². The van der Waals surface area contributed by atoms with Gasteiger partial charge < -0.3 is 9.88 Å². The lowest BCUT2D eigenvalue weighted by Crippen LogP contribution is -2.23. The van der Waals surface area contributed by atoms with Crippen LogP contribution in [0.3, 0.4) is 0 Å². The Kier molecular flexibility index (Phi) is 3.96. The number of hydrogen-bond donors (Lipinski definition) is 1. The van der Waals surface area contributed by atoms with E-state index in [1.54, 1.807) is 26.1 Å². The summed E-state index contributed by atoms with van der Waals surface area (Å²) in [4.78, 5) is 29.7. The molecule has 0 saturated heterocycles. The number of aryl methyl sites for hydroxylation is 2. The molecular weight excluding hydrogens is 317 g/mol. The number of halogens is 1. The zero-order chi connectivity index (χ0) is 16.6. The maximum absolute atomic E-state index is 13.1. The number of hydrogen-bond acceptors (Lipinski definition) is 4. The van der Waals surface area contributed by atoms with Crippen molar-refractivity contribution in [2.45, 2.75) is 13.5 Å². The van der Waals surface area contributed by atoms with E-state index in [-0.39, 0.29) is 23.8 Å². The predicted octanol–water partition coefficient (Wildman–Crippen LogP) is 2.37. The fourth-order valence-electron chi connectivity index (χ4n) is 2.33. The van der Waals surface area contributed by atoms with Crippen molar-refractivity contribution < 1.29 is 9.18 Å². The molecule has 1 N–H and O–H groups in total. The molecule has 0 unspecified atom stereocenters. The minimum absolute atomic E-state index is 0.173. The average molecular weight is 331 g/mol. The summed E-state index contributed by atoms with van der Waals surface area (Å²) in [6.45, 7) is 1.95. The van der Waals surface area contributed by atoms with Gasteiger partial charge in [0, 0.05) is 13.6 Å². The van der Waals surface area contributed by atoms with Crippen molar-refractivity contribution >= 4 is 27.5 Å². The van der Waals surface area contributed by atoms with Crippen LogP contribution in [0.2, 0.25) is 0 Å². The Hall–Kier alpha value is -2.54. The molecule has 0 bridgehead atoms. The highest BCUT2D eigenvalue weighted by Crippen LogP contribution is 2.26. The van der Waals surface area contributed by atoms with Crippen molar-refractivity contribution in [2.75, 3.05) is 0 Å². The zero-order valence-electron chi connectivity index (χ0n) is 12.6. The van der Waals surface area contributed by atoms with Crippen LogP contribution in [0.4, 0.5) is 4.39 Å². The van der Waals surface area contributed by atoms with Crippen LogP contribution in [0.15, 0.2) is 35.4 Å². The number of aromatic nitrogens is 2. The van der Waals surface area contributed by atoms with Gasteiger partial charge >= 0.3 is 0 Å². The second-order valence-corrected chi connectivity index (χ2v) is 6.21. The number of fused-ring (bicyclic) bond motifs is 1. The van der Waals surface area contributed by atoms with Crippen LogP contribution in [0.1, 0.15) is 20.8 Å². The summed E-state index contributed by atoms with van der Waals surface area (Å²) in [5, 5.41) is 3.21. The zero-order valence-corrected chi connectivity index (χ0v) is 13.4. The Morgan fingerprint density at radius 1 is 1.43 bits per heavy atom. The highest BCUT2D eigenvalue weighted by Gasteiger charge is 2.18. The molecule has 7 heteroatoms. The summed E-state index contributed by atoms with van der Waals surface area (Å²) < 4.78 is 14.5. The van der Waals surface area contributed by atoms with E-state index >= 15 is 0 Å². The third kappa shape index (κ3) is 2.87. The summed E-state index contributed by atoms with van der Waals surface area (Å²) in [5.74, 6) is -0.640. The first-order valence-corrected chi connectivity index (χ1v) is 7.76. The Morgan fingerprint density at radius 3 is 2.96 bits per heavy atom. The summed E-state index contributed by atoms with van der Waals surface area (Å²) in [6.07, 6.45) is 1.44. The molecular formula is C16H14FN3O2S. The van der Waals surface area contributed by atoms with Gasteiger partial charge in [0.15, 0.2) is 0 Å². The van der Waals surface area contributed by atoms with E-state index in [4.69, 9.17) is 0 Å². The molecule has 2 aromatic heterocycles. The van der Waals surface area contributed by atoms with E-state index < -0.39 is 0 Å². The van der Waals surface area contributed by atoms with Crippen molar-refractivity contribution in [1.82, 2.24) is 14.9 Å². The molecule has 23 heavy (non-hydrogen) atoms. The molecule has 1 amide bonds. The van der Waals surface area contributed by atoms with Crippen LogP contribution < -0.4 is 10.9 Å². The number of thiophene rings is 1. The second kappa shape index (κ2) is 5.92. The summed E-state index contributed by atoms with van der Waals surface area (Å²) in [5.41, 5.74) is 1.12. The van der Waals surface area contributed by atoms with Crippen LogP contribution in [0, 0.1) is 12.7 Å². The molecule has 118 valence electrons. The van der Waals surface area contributed by atoms with Crippen molar-refractivity contribution in [3.63, 3.8) is 0 Å². The van der Waals surface area contributed by atoms with Gasteiger partial charge in [-0.15, -0.1) is 11.3 Å². The monoisotopic (exact) mass is 331 g/mol. The molecule has 2 heterocycles. The van der Waals surface area contributed by atoms with E-state index in [2.05, 4.69) is 10.3 Å². The molecule has 0 fully saturated rings. The average Bonchev–Trinajstić information content (AvgIpc) is 2.86. The lowest BCUT2D eigenvalue weighted by Gasteiger charge is -2.04. The number of carbonyl (C=O) groups excluding carboxylic acids is 1. The van der Waals surface area contributed by atoms with Gasteiger partial charge in [0.1, 0.15) is 10.6 Å². The largest absolute Gasteiger partial charge is 0.347 e. The normalized spacial score (nSPS) is 10.9. The first-order chi connectivity index (χ1) is 11.0. The predicted molar refractivity (Wildman–Crippen MR) is 87.2 cm³/mol. The Balaban J connectivity index is 1.88. The second-order valence-electron chi connectivity index (χ2n) is 5.21. The van der Waals surface area contributed by atoms with Gasteiger partial charge in [0.25, 0.3) is 11.5 Å². The smallest absolute Gasteiger partial charge is 0.262 e. The molecule has 0 saturated carbocycles. The standard InChI is InChI=1S/C16H14FN3O2S/c1-9-12-15(19-8-20(2)16(12)22)23-13(9)14(21)18-7-10-4-3-5-11(17)6-10/h3-6,8H,7H2,1-2H3,(H,18,21). The summed E-state index contributed by atoms with van der Waals surface area (Å²) >= 11 is 1.18. The van der Waals surface area contributed by atoms with Gasteiger partial charge in [0.2, 0.25) is 0 Å². The maximum Gasteiger partial charge on any atom is 0.262 e. The first-order valence-electron chi connectivity index (χ1n) is 6.94. The number of nitrogens with zero attached hydrogens (tertiary/aromatic N) is 2. The number of carbonyl (C=O) groups is 1. The highest BCUT2D eigenvalue weighted by molar-refractivity contribution is 7.20. The first kappa shape index (κ1) is 15.4. The molecule has 3 rings (SSSR count). The van der Waals surface area contributed by atoms with E-state index in [0.717, 1.165) is 0 Å². The Labute approximate surface area is 135 Å². The van der Waals surface area contributed by atoms with Crippen molar-refractivity contribution in [3.8, 4) is 0 Å². The van der Waals surface area contributed by atoms with Gasteiger partial charge in [0.05, 0.1) is 16.6 Å². The quantitative estimate of drug-likeness (QED) is 0.801. The van der Waals surface area contributed by atoms with Crippen molar-refractivity contribution in [2.24, 2.45) is 7.05 Å². The van der Waals surface area contributed by atoms with Crippen molar-refractivity contribution in [3.05, 3.63) is 62.8 Å². The molecule has 0 aliphatic carbocycles. The molecule has 3 aromatic rings. The van der Waals surface area contributed by atoms with E-state index in [9.17, 15) is 14.0 Å². The number of benzene rings is 1. The molecule has 5 nitrogen and oxygen atoms in total. The summed E-state index contributed by atoms with van der Waals surface area (Å²) in [7, 11) is 1.62. The van der Waals surface area contributed by atoms with Crippen LogP contribution in [0.25, 0.3) is 10.2 Å². The minimum atomic E-state index is -0.345. The maximum atomic E-state index is 13.1. The lowest BCUT2D eigenvalue weighted by molar-refractivity contribution is 0.0954. The summed E-state index contributed by atoms with van der Waals surface area (Å²) in [6, 6.07) is 6.05. The number of rotatable bonds is 3. The molecule has 1 aromatic carbocycles. The Morgan fingerprint density at radius 2 is 2.22 bits per heavy atom.